The van der Waals surface area contributed by atoms with E-state index >= 15 is 0 Å². The lowest BCUT2D eigenvalue weighted by molar-refractivity contribution is 1.47. The van der Waals surface area contributed by atoms with Gasteiger partial charge in [0.1, 0.15) is 6.07 Å². The van der Waals surface area contributed by atoms with E-state index < -0.39 is 0 Å². The molecule has 0 aliphatic heterocycles. The summed E-state index contributed by atoms with van der Waals surface area (Å²) in [6.07, 6.45) is 0. The molecule has 0 aromatic heterocycles. The Labute approximate surface area is 64.9 Å². The van der Waals surface area contributed by atoms with Crippen LogP contribution < -0.4 is 0 Å². The molecule has 1 nitrogen and oxygen atoms in total. The van der Waals surface area contributed by atoms with Crippen molar-refractivity contribution in [1.29, 1.82) is 5.26 Å². The van der Waals surface area contributed by atoms with Gasteiger partial charge in [-0.05, 0) is 18.6 Å². The Morgan fingerprint density at radius 2 is 2.20 bits per heavy atom. The van der Waals surface area contributed by atoms with Crippen LogP contribution in [0.3, 0.4) is 0 Å². The van der Waals surface area contributed by atoms with Crippen molar-refractivity contribution >= 4 is 11.6 Å². The molecule has 0 saturated heterocycles. The van der Waals surface area contributed by atoms with Gasteiger partial charge in [0.2, 0.25) is 0 Å². The molecule has 0 saturated carbocycles. The summed E-state index contributed by atoms with van der Waals surface area (Å²) < 4.78 is 0. The van der Waals surface area contributed by atoms with Crippen molar-refractivity contribution in [3.8, 4) is 6.07 Å². The third-order valence-corrected chi connectivity index (χ3v) is 1.65. The van der Waals surface area contributed by atoms with Crippen LogP contribution in [0.25, 0.3) is 0 Å². The topological polar surface area (TPSA) is 23.8 Å². The summed E-state index contributed by atoms with van der Waals surface area (Å²) in [4.78, 5) is 0. The van der Waals surface area contributed by atoms with Gasteiger partial charge in [0.05, 0.1) is 10.6 Å². The third kappa shape index (κ3) is 1.12. The molecule has 0 atom stereocenters. The third-order valence-electron chi connectivity index (χ3n) is 1.20. The summed E-state index contributed by atoms with van der Waals surface area (Å²) in [5, 5.41) is 8.93. The van der Waals surface area contributed by atoms with Gasteiger partial charge in [-0.2, -0.15) is 5.26 Å². The lowest BCUT2D eigenvalue weighted by Gasteiger charge is -1.96. The molecular weight excluding hydrogens is 146 g/mol. The first-order valence-corrected chi connectivity index (χ1v) is 3.14. The van der Waals surface area contributed by atoms with Gasteiger partial charge in [0.25, 0.3) is 0 Å². The van der Waals surface area contributed by atoms with Crippen LogP contribution >= 0.6 is 11.6 Å². The van der Waals surface area contributed by atoms with Crippen LogP contribution in [0.1, 0.15) is 11.1 Å². The summed E-state index contributed by atoms with van der Waals surface area (Å²) in [6.45, 7) is 3.65. The molecule has 0 unspecified atom stereocenters. The first kappa shape index (κ1) is 7.11. The number of hydrogen-bond acceptors (Lipinski definition) is 1. The van der Waals surface area contributed by atoms with Crippen LogP contribution in [0.2, 0.25) is 5.02 Å². The minimum absolute atomic E-state index is 0.449. The quantitative estimate of drug-likeness (QED) is 0.557. The van der Waals surface area contributed by atoms with E-state index in [0.717, 1.165) is 0 Å². The van der Waals surface area contributed by atoms with Crippen LogP contribution in [0.4, 0.5) is 0 Å². The Bertz CT molecular complexity index is 286. The van der Waals surface area contributed by atoms with Crippen molar-refractivity contribution in [3.63, 3.8) is 0 Å². The molecule has 0 aliphatic carbocycles. The maximum absolute atomic E-state index is 8.48. The van der Waals surface area contributed by atoms with Gasteiger partial charge in [-0.25, -0.2) is 0 Å². The average Bonchev–Trinajstić information content (AvgIpc) is 1.95. The number of hydrogen-bond donors (Lipinski definition) is 0. The van der Waals surface area contributed by atoms with Crippen molar-refractivity contribution in [2.75, 3.05) is 0 Å². The van der Waals surface area contributed by atoms with Gasteiger partial charge in [-0.15, -0.1) is 0 Å². The standard InChI is InChI=1S/C8H5ClN/c1-6-3-2-4-7(5-10)8(6)9/h2-4H,1H2. The molecule has 1 aromatic carbocycles. The molecule has 0 amide bonds. The highest BCUT2D eigenvalue weighted by Gasteiger charge is 1.99. The summed E-state index contributed by atoms with van der Waals surface area (Å²) in [6, 6.07) is 7.15. The molecule has 0 bridgehead atoms. The van der Waals surface area contributed by atoms with Crippen LogP contribution in [0, 0.1) is 18.3 Å². The zero-order valence-electron chi connectivity index (χ0n) is 5.26. The van der Waals surface area contributed by atoms with Crippen molar-refractivity contribution in [1.82, 2.24) is 0 Å². The number of benzene rings is 1. The first-order valence-electron chi connectivity index (χ1n) is 2.76. The van der Waals surface area contributed by atoms with E-state index in [4.69, 9.17) is 16.9 Å². The van der Waals surface area contributed by atoms with E-state index in [9.17, 15) is 0 Å². The normalized spacial score (nSPS) is 8.90. The molecule has 0 N–H and O–H groups in total. The highest BCUT2D eigenvalue weighted by molar-refractivity contribution is 6.32. The Kier molecular flexibility index (Phi) is 1.94. The molecule has 0 aliphatic rings. The van der Waals surface area contributed by atoms with E-state index in [2.05, 4.69) is 6.92 Å². The van der Waals surface area contributed by atoms with E-state index in [1.807, 2.05) is 6.07 Å². The van der Waals surface area contributed by atoms with Crippen molar-refractivity contribution in [2.24, 2.45) is 0 Å². The predicted octanol–water partition coefficient (Wildman–Crippen LogP) is 2.39. The number of halogens is 1. The Morgan fingerprint density at radius 3 is 2.70 bits per heavy atom. The minimum atomic E-state index is 0.449. The zero-order valence-corrected chi connectivity index (χ0v) is 6.02. The van der Waals surface area contributed by atoms with Gasteiger partial charge in [0, 0.05) is 0 Å². The molecule has 1 radical (unpaired) electrons. The van der Waals surface area contributed by atoms with E-state index in [1.165, 1.54) is 0 Å². The molecule has 2 heteroatoms. The SMILES string of the molecule is [CH2]c1cccc(C#N)c1Cl. The fourth-order valence-corrected chi connectivity index (χ4v) is 0.834. The van der Waals surface area contributed by atoms with Gasteiger partial charge < -0.3 is 0 Å². The molecule has 0 spiro atoms. The highest BCUT2D eigenvalue weighted by atomic mass is 35.5. The van der Waals surface area contributed by atoms with Crippen molar-refractivity contribution in [3.05, 3.63) is 41.3 Å². The largest absolute Gasteiger partial charge is 0.192 e. The Morgan fingerprint density at radius 1 is 1.50 bits per heavy atom. The summed E-state index contributed by atoms with van der Waals surface area (Å²) in [7, 11) is 0. The van der Waals surface area contributed by atoms with Crippen LogP contribution in [0.5, 0.6) is 0 Å². The maximum atomic E-state index is 8.48. The number of nitriles is 1. The van der Waals surface area contributed by atoms with Crippen molar-refractivity contribution in [2.45, 2.75) is 0 Å². The molecule has 1 aromatic rings. The summed E-state index contributed by atoms with van der Waals surface area (Å²) in [5.41, 5.74) is 1.18. The second-order valence-corrected chi connectivity index (χ2v) is 2.27. The van der Waals surface area contributed by atoms with Crippen LogP contribution in [-0.2, 0) is 0 Å². The van der Waals surface area contributed by atoms with Gasteiger partial charge in [-0.1, -0.05) is 23.7 Å². The van der Waals surface area contributed by atoms with Crippen LogP contribution in [0.15, 0.2) is 18.2 Å². The highest BCUT2D eigenvalue weighted by Crippen LogP contribution is 2.18. The predicted molar refractivity (Wildman–Crippen MR) is 40.6 cm³/mol. The summed E-state index contributed by atoms with van der Waals surface area (Å²) in [5.74, 6) is 0. The minimum Gasteiger partial charge on any atom is -0.192 e. The average molecular weight is 151 g/mol. The second kappa shape index (κ2) is 2.72. The maximum Gasteiger partial charge on any atom is 0.101 e. The molecule has 0 heterocycles. The fraction of sp³-hybridized carbons (Fsp3) is 0. The molecule has 1 rings (SSSR count). The number of nitrogens with zero attached hydrogens (tertiary/aromatic N) is 1. The lowest BCUT2D eigenvalue weighted by atomic mass is 10.1. The molecule has 49 valence electrons. The van der Waals surface area contributed by atoms with Crippen molar-refractivity contribution < 1.29 is 0 Å². The lowest BCUT2D eigenvalue weighted by Crippen LogP contribution is -1.79. The molecular formula is C8H5ClN. The van der Waals surface area contributed by atoms with E-state index in [1.54, 1.807) is 18.2 Å². The Hall–Kier alpha value is -1.00. The van der Waals surface area contributed by atoms with Gasteiger partial charge >= 0.3 is 0 Å². The fourth-order valence-electron chi connectivity index (χ4n) is 0.666. The van der Waals surface area contributed by atoms with E-state index in [0.29, 0.717) is 16.1 Å². The van der Waals surface area contributed by atoms with Gasteiger partial charge in [-0.3, -0.25) is 0 Å². The smallest absolute Gasteiger partial charge is 0.101 e. The monoisotopic (exact) mass is 150 g/mol. The zero-order chi connectivity index (χ0) is 7.56. The van der Waals surface area contributed by atoms with E-state index in [-0.39, 0.29) is 0 Å². The molecule has 0 fully saturated rings. The summed E-state index contributed by atoms with van der Waals surface area (Å²) >= 11 is 5.71. The number of rotatable bonds is 0. The van der Waals surface area contributed by atoms with Crippen LogP contribution in [-0.4, -0.2) is 0 Å². The molecule has 10 heavy (non-hydrogen) atoms. The Balaban J connectivity index is 3.31. The first-order chi connectivity index (χ1) is 4.75. The van der Waals surface area contributed by atoms with Gasteiger partial charge in [0.15, 0.2) is 0 Å². The second-order valence-electron chi connectivity index (χ2n) is 1.89.